The summed E-state index contributed by atoms with van der Waals surface area (Å²) in [4.78, 5) is 14.5. The van der Waals surface area contributed by atoms with Crippen LogP contribution in [0.2, 0.25) is 0 Å². The fourth-order valence-corrected chi connectivity index (χ4v) is 5.26. The number of carbonyl (C=O) groups is 1. The summed E-state index contributed by atoms with van der Waals surface area (Å²) in [5.41, 5.74) is -5.31. The predicted octanol–water partition coefficient (Wildman–Crippen LogP) is 3.36. The number of pyridine rings is 1. The first-order valence-corrected chi connectivity index (χ1v) is 10.4. The number of alkyl halides is 6. The van der Waals surface area contributed by atoms with Crippen LogP contribution in [0.5, 0.6) is 0 Å². The number of aromatic nitrogens is 1. The lowest BCUT2D eigenvalue weighted by Gasteiger charge is -2.58. The van der Waals surface area contributed by atoms with Gasteiger partial charge in [0.05, 0.1) is 0 Å². The minimum absolute atomic E-state index is 0.158. The first-order chi connectivity index (χ1) is 13.8. The first kappa shape index (κ1) is 23.6. The van der Waals surface area contributed by atoms with Crippen molar-refractivity contribution in [3.05, 3.63) is 23.5 Å². The third kappa shape index (κ3) is 4.59. The SMILES string of the molecule is CC(C)(C)OC(=O)N1CC2(C1)CN(S(=O)(=O)c1ccc(C(F)(F)F)nc1C(F)(F)F)C2. The van der Waals surface area contributed by atoms with Crippen LogP contribution in [-0.4, -0.2) is 60.5 Å². The first-order valence-electron chi connectivity index (χ1n) is 8.98. The van der Waals surface area contributed by atoms with Gasteiger partial charge >= 0.3 is 18.4 Å². The summed E-state index contributed by atoms with van der Waals surface area (Å²) in [5.74, 6) is 0. The quantitative estimate of drug-likeness (QED) is 0.613. The second-order valence-electron chi connectivity index (χ2n) is 8.65. The molecule has 7 nitrogen and oxygen atoms in total. The van der Waals surface area contributed by atoms with Gasteiger partial charge in [0.25, 0.3) is 0 Å². The molecule has 3 heterocycles. The van der Waals surface area contributed by atoms with Gasteiger partial charge in [-0.2, -0.15) is 30.6 Å². The minimum atomic E-state index is -5.41. The Morgan fingerprint density at radius 1 is 1.00 bits per heavy atom. The smallest absolute Gasteiger partial charge is 0.434 e. The highest BCUT2D eigenvalue weighted by Gasteiger charge is 2.58. The summed E-state index contributed by atoms with van der Waals surface area (Å²) in [6.45, 7) is 4.99. The molecule has 31 heavy (non-hydrogen) atoms. The third-order valence-electron chi connectivity index (χ3n) is 4.76. The number of likely N-dealkylation sites (tertiary alicyclic amines) is 1. The lowest BCUT2D eigenvalue weighted by atomic mass is 9.75. The largest absolute Gasteiger partial charge is 0.444 e. The van der Waals surface area contributed by atoms with Gasteiger partial charge < -0.3 is 9.64 Å². The van der Waals surface area contributed by atoms with Crippen LogP contribution in [0.1, 0.15) is 32.2 Å². The highest BCUT2D eigenvalue weighted by atomic mass is 32.2. The van der Waals surface area contributed by atoms with Gasteiger partial charge in [0.1, 0.15) is 16.2 Å². The van der Waals surface area contributed by atoms with Crippen LogP contribution in [0.25, 0.3) is 0 Å². The standard InChI is InChI=1S/C17H19F6N3O4S/c1-14(2,3)30-13(27)25-6-15(7-25)8-26(9-15)31(28,29)10-4-5-11(16(18,19)20)24-12(10)17(21,22)23/h4-5H,6-9H2,1-3H3. The molecular formula is C17H19F6N3O4S. The Hall–Kier alpha value is -2.09. The summed E-state index contributed by atoms with van der Waals surface area (Å²) < 4.78 is 109. The fourth-order valence-electron chi connectivity index (χ4n) is 3.45. The molecule has 0 atom stereocenters. The zero-order valence-corrected chi connectivity index (χ0v) is 17.5. The highest BCUT2D eigenvalue weighted by molar-refractivity contribution is 7.89. The van der Waals surface area contributed by atoms with E-state index in [1.54, 1.807) is 20.8 Å². The van der Waals surface area contributed by atoms with E-state index in [-0.39, 0.29) is 38.3 Å². The average Bonchev–Trinajstić information content (AvgIpc) is 2.47. The maximum atomic E-state index is 13.3. The van der Waals surface area contributed by atoms with Gasteiger partial charge in [-0.05, 0) is 32.9 Å². The molecule has 0 bridgehead atoms. The fraction of sp³-hybridized carbons (Fsp3) is 0.647. The number of halogens is 6. The van der Waals surface area contributed by atoms with Crippen LogP contribution in [0, 0.1) is 5.41 Å². The van der Waals surface area contributed by atoms with Crippen molar-refractivity contribution in [1.82, 2.24) is 14.2 Å². The van der Waals surface area contributed by atoms with Gasteiger partial charge in [-0.15, -0.1) is 0 Å². The van der Waals surface area contributed by atoms with Gasteiger partial charge in [-0.3, -0.25) is 0 Å². The van der Waals surface area contributed by atoms with Crippen LogP contribution in [0.15, 0.2) is 17.0 Å². The lowest BCUT2D eigenvalue weighted by molar-refractivity contribution is -0.151. The molecule has 0 saturated carbocycles. The molecule has 0 unspecified atom stereocenters. The molecule has 2 saturated heterocycles. The minimum Gasteiger partial charge on any atom is -0.444 e. The summed E-state index contributed by atoms with van der Waals surface area (Å²) in [5, 5.41) is 0. The zero-order chi connectivity index (χ0) is 23.6. The average molecular weight is 475 g/mol. The molecule has 0 radical (unpaired) electrons. The number of carbonyl (C=O) groups excluding carboxylic acids is 1. The van der Waals surface area contributed by atoms with Crippen molar-refractivity contribution in [2.75, 3.05) is 26.2 Å². The summed E-state index contributed by atoms with van der Waals surface area (Å²) in [6.07, 6.45) is -11.2. The Balaban J connectivity index is 1.76. The number of nitrogens with zero attached hydrogens (tertiary/aromatic N) is 3. The molecule has 14 heteroatoms. The van der Waals surface area contributed by atoms with Crippen molar-refractivity contribution in [2.45, 2.75) is 43.6 Å². The Labute approximate surface area is 174 Å². The van der Waals surface area contributed by atoms with Gasteiger partial charge in [0, 0.05) is 31.6 Å². The molecule has 0 aromatic carbocycles. The van der Waals surface area contributed by atoms with E-state index in [4.69, 9.17) is 4.74 Å². The van der Waals surface area contributed by atoms with Crippen molar-refractivity contribution >= 4 is 16.1 Å². The lowest BCUT2D eigenvalue weighted by Crippen LogP contribution is -2.73. The molecule has 2 fully saturated rings. The van der Waals surface area contributed by atoms with E-state index in [2.05, 4.69) is 4.98 Å². The highest BCUT2D eigenvalue weighted by Crippen LogP contribution is 2.44. The molecular weight excluding hydrogens is 456 g/mol. The number of hydrogen-bond acceptors (Lipinski definition) is 5. The van der Waals surface area contributed by atoms with Crippen molar-refractivity contribution < 1.29 is 44.3 Å². The van der Waals surface area contributed by atoms with Gasteiger partial charge in [0.2, 0.25) is 10.0 Å². The third-order valence-corrected chi connectivity index (χ3v) is 6.59. The van der Waals surface area contributed by atoms with Crippen LogP contribution in [0.3, 0.4) is 0 Å². The number of amides is 1. The molecule has 1 spiro atoms. The molecule has 1 aromatic rings. The number of rotatable bonds is 2. The Morgan fingerprint density at radius 2 is 1.55 bits per heavy atom. The van der Waals surface area contributed by atoms with E-state index in [1.807, 2.05) is 0 Å². The Bertz CT molecular complexity index is 987. The molecule has 2 aliphatic rings. The maximum absolute atomic E-state index is 13.3. The van der Waals surface area contributed by atoms with Crippen molar-refractivity contribution in [2.24, 2.45) is 5.41 Å². The number of ether oxygens (including phenoxy) is 1. The number of sulfonamides is 1. The van der Waals surface area contributed by atoms with E-state index in [9.17, 15) is 39.6 Å². The van der Waals surface area contributed by atoms with Gasteiger partial charge in [-0.1, -0.05) is 0 Å². The second kappa shape index (κ2) is 6.95. The normalized spacial score (nSPS) is 19.7. The number of hydrogen-bond donors (Lipinski definition) is 0. The van der Waals surface area contributed by atoms with Crippen molar-refractivity contribution in [1.29, 1.82) is 0 Å². The molecule has 0 N–H and O–H groups in total. The molecule has 1 aromatic heterocycles. The summed E-state index contributed by atoms with van der Waals surface area (Å²) >= 11 is 0. The van der Waals surface area contributed by atoms with Crippen LogP contribution >= 0.6 is 0 Å². The molecule has 1 amide bonds. The van der Waals surface area contributed by atoms with E-state index < -0.39 is 55.8 Å². The van der Waals surface area contributed by atoms with Crippen molar-refractivity contribution in [3.8, 4) is 0 Å². The molecule has 3 rings (SSSR count). The maximum Gasteiger partial charge on any atom is 0.434 e. The zero-order valence-electron chi connectivity index (χ0n) is 16.6. The second-order valence-corrected chi connectivity index (χ2v) is 10.6. The monoisotopic (exact) mass is 475 g/mol. The molecule has 174 valence electrons. The topological polar surface area (TPSA) is 79.8 Å². The predicted molar refractivity (Wildman–Crippen MR) is 93.2 cm³/mol. The van der Waals surface area contributed by atoms with Crippen LogP contribution in [0.4, 0.5) is 31.1 Å². The summed E-state index contributed by atoms with van der Waals surface area (Å²) in [6, 6.07) is 0.470. The van der Waals surface area contributed by atoms with Crippen LogP contribution in [-0.2, 0) is 27.1 Å². The molecule has 2 aliphatic heterocycles. The van der Waals surface area contributed by atoms with E-state index in [0.717, 1.165) is 4.31 Å². The van der Waals surface area contributed by atoms with E-state index >= 15 is 0 Å². The molecule has 0 aliphatic carbocycles. The van der Waals surface area contributed by atoms with Gasteiger partial charge in [0.15, 0.2) is 5.69 Å². The van der Waals surface area contributed by atoms with E-state index in [0.29, 0.717) is 0 Å². The Kier molecular flexibility index (Phi) is 5.29. The van der Waals surface area contributed by atoms with Crippen molar-refractivity contribution in [3.63, 3.8) is 0 Å². The van der Waals surface area contributed by atoms with Crippen LogP contribution < -0.4 is 0 Å². The van der Waals surface area contributed by atoms with E-state index in [1.165, 1.54) is 4.90 Å². The Morgan fingerprint density at radius 3 is 2.00 bits per heavy atom. The summed E-state index contributed by atoms with van der Waals surface area (Å²) in [7, 11) is -4.74. The van der Waals surface area contributed by atoms with Gasteiger partial charge in [-0.25, -0.2) is 18.2 Å².